The molecule has 1 aromatic heterocycles. The van der Waals surface area contributed by atoms with Crippen molar-refractivity contribution in [1.82, 2.24) is 9.78 Å². The van der Waals surface area contributed by atoms with Gasteiger partial charge in [0.05, 0.1) is 7.11 Å². The van der Waals surface area contributed by atoms with Crippen LogP contribution < -0.4 is 10.1 Å². The number of ether oxygens (including phenoxy) is 1. The van der Waals surface area contributed by atoms with Gasteiger partial charge in [-0.1, -0.05) is 13.8 Å². The van der Waals surface area contributed by atoms with Gasteiger partial charge in [0, 0.05) is 19.2 Å². The maximum Gasteiger partial charge on any atom is 0.213 e. The first-order valence-electron chi connectivity index (χ1n) is 4.89. The van der Waals surface area contributed by atoms with E-state index in [1.54, 1.807) is 11.8 Å². The second-order valence-electron chi connectivity index (χ2n) is 3.87. The minimum Gasteiger partial charge on any atom is -0.481 e. The summed E-state index contributed by atoms with van der Waals surface area (Å²) in [4.78, 5) is 0. The number of nitrogens with zero attached hydrogens (tertiary/aromatic N) is 2. The quantitative estimate of drug-likeness (QED) is 0.801. The third-order valence-corrected chi connectivity index (χ3v) is 2.42. The highest BCUT2D eigenvalue weighted by Crippen LogP contribution is 2.17. The van der Waals surface area contributed by atoms with Crippen LogP contribution in [0.4, 0.5) is 5.82 Å². The van der Waals surface area contributed by atoms with E-state index in [0.717, 1.165) is 11.7 Å². The van der Waals surface area contributed by atoms with Crippen molar-refractivity contribution < 1.29 is 4.74 Å². The van der Waals surface area contributed by atoms with Crippen LogP contribution >= 0.6 is 0 Å². The first-order valence-corrected chi connectivity index (χ1v) is 4.89. The molecule has 1 unspecified atom stereocenters. The van der Waals surface area contributed by atoms with Crippen LogP contribution in [0, 0.1) is 5.92 Å². The van der Waals surface area contributed by atoms with Gasteiger partial charge >= 0.3 is 0 Å². The maximum atomic E-state index is 5.13. The van der Waals surface area contributed by atoms with Crippen LogP contribution in [0.2, 0.25) is 0 Å². The highest BCUT2D eigenvalue weighted by Gasteiger charge is 2.10. The number of aryl methyl sites for hydroxylation is 1. The van der Waals surface area contributed by atoms with E-state index in [1.165, 1.54) is 0 Å². The topological polar surface area (TPSA) is 39.1 Å². The molecule has 0 bridgehead atoms. The van der Waals surface area contributed by atoms with Gasteiger partial charge < -0.3 is 10.1 Å². The summed E-state index contributed by atoms with van der Waals surface area (Å²) in [6, 6.07) is 2.31. The molecule has 4 nitrogen and oxygen atoms in total. The van der Waals surface area contributed by atoms with Crippen molar-refractivity contribution in [1.29, 1.82) is 0 Å². The molecule has 0 aliphatic heterocycles. The van der Waals surface area contributed by atoms with Gasteiger partial charge in [0.1, 0.15) is 0 Å². The lowest BCUT2D eigenvalue weighted by molar-refractivity contribution is 0.373. The largest absolute Gasteiger partial charge is 0.481 e. The maximum absolute atomic E-state index is 5.13. The fourth-order valence-electron chi connectivity index (χ4n) is 1.11. The summed E-state index contributed by atoms with van der Waals surface area (Å²) in [6.07, 6.45) is 0. The summed E-state index contributed by atoms with van der Waals surface area (Å²) in [5, 5.41) is 7.61. The zero-order chi connectivity index (χ0) is 10.7. The van der Waals surface area contributed by atoms with Gasteiger partial charge in [0.15, 0.2) is 5.82 Å². The normalized spacial score (nSPS) is 13.0. The SMILES string of the molecule is COc1cc(NC(C)C(C)C)nn1C. The molecule has 0 saturated carbocycles. The molecule has 0 fully saturated rings. The summed E-state index contributed by atoms with van der Waals surface area (Å²) in [5.41, 5.74) is 0. The van der Waals surface area contributed by atoms with E-state index in [1.807, 2.05) is 13.1 Å². The third-order valence-electron chi connectivity index (χ3n) is 2.42. The van der Waals surface area contributed by atoms with Crippen LogP contribution in [0.25, 0.3) is 0 Å². The zero-order valence-electron chi connectivity index (χ0n) is 9.53. The first kappa shape index (κ1) is 10.9. The number of methoxy groups -OCH3 is 1. The second-order valence-corrected chi connectivity index (χ2v) is 3.87. The lowest BCUT2D eigenvalue weighted by Gasteiger charge is -2.16. The van der Waals surface area contributed by atoms with Crippen LogP contribution in [-0.4, -0.2) is 22.9 Å². The van der Waals surface area contributed by atoms with E-state index >= 15 is 0 Å². The smallest absolute Gasteiger partial charge is 0.213 e. The summed E-state index contributed by atoms with van der Waals surface area (Å²) in [7, 11) is 3.51. The summed E-state index contributed by atoms with van der Waals surface area (Å²) < 4.78 is 6.85. The van der Waals surface area contributed by atoms with Crippen LogP contribution in [0.5, 0.6) is 5.88 Å². The Bertz CT molecular complexity index is 294. The van der Waals surface area contributed by atoms with E-state index in [0.29, 0.717) is 12.0 Å². The Morgan fingerprint density at radius 1 is 1.43 bits per heavy atom. The van der Waals surface area contributed by atoms with E-state index < -0.39 is 0 Å². The van der Waals surface area contributed by atoms with Crippen LogP contribution in [0.1, 0.15) is 20.8 Å². The molecule has 0 amide bonds. The molecule has 0 radical (unpaired) electrons. The average molecular weight is 197 g/mol. The molecule has 1 N–H and O–H groups in total. The fraction of sp³-hybridized carbons (Fsp3) is 0.700. The molecule has 80 valence electrons. The lowest BCUT2D eigenvalue weighted by Crippen LogP contribution is -2.21. The Hall–Kier alpha value is -1.19. The highest BCUT2D eigenvalue weighted by atomic mass is 16.5. The number of nitrogens with one attached hydrogen (secondary N) is 1. The average Bonchev–Trinajstić information content (AvgIpc) is 2.45. The number of hydrogen-bond donors (Lipinski definition) is 1. The van der Waals surface area contributed by atoms with Gasteiger partial charge in [-0.2, -0.15) is 5.10 Å². The molecule has 1 atom stereocenters. The molecular formula is C10H19N3O. The van der Waals surface area contributed by atoms with Crippen molar-refractivity contribution in [2.75, 3.05) is 12.4 Å². The molecule has 1 heterocycles. The van der Waals surface area contributed by atoms with E-state index in [4.69, 9.17) is 4.74 Å². The van der Waals surface area contributed by atoms with Crippen molar-refractivity contribution >= 4 is 5.82 Å². The Morgan fingerprint density at radius 3 is 2.50 bits per heavy atom. The number of rotatable bonds is 4. The zero-order valence-corrected chi connectivity index (χ0v) is 9.53. The van der Waals surface area contributed by atoms with Gasteiger partial charge in [-0.3, -0.25) is 0 Å². The van der Waals surface area contributed by atoms with Crippen molar-refractivity contribution in [3.63, 3.8) is 0 Å². The molecule has 0 saturated heterocycles. The van der Waals surface area contributed by atoms with Crippen molar-refractivity contribution in [3.8, 4) is 5.88 Å². The molecule has 1 aromatic rings. The number of hydrogen-bond acceptors (Lipinski definition) is 3. The Labute approximate surface area is 85.3 Å². The van der Waals surface area contributed by atoms with Crippen LogP contribution in [0.15, 0.2) is 6.07 Å². The molecule has 1 rings (SSSR count). The van der Waals surface area contributed by atoms with Crippen molar-refractivity contribution in [2.45, 2.75) is 26.8 Å². The van der Waals surface area contributed by atoms with Gasteiger partial charge in [-0.05, 0) is 12.8 Å². The highest BCUT2D eigenvalue weighted by molar-refractivity contribution is 5.39. The number of aromatic nitrogens is 2. The van der Waals surface area contributed by atoms with Gasteiger partial charge in [0.2, 0.25) is 5.88 Å². The number of anilines is 1. The van der Waals surface area contributed by atoms with Gasteiger partial charge in [-0.15, -0.1) is 0 Å². The lowest BCUT2D eigenvalue weighted by atomic mass is 10.1. The predicted molar refractivity (Wildman–Crippen MR) is 57.7 cm³/mol. The predicted octanol–water partition coefficient (Wildman–Crippen LogP) is 1.89. The molecule has 4 heteroatoms. The van der Waals surface area contributed by atoms with Gasteiger partial charge in [0.25, 0.3) is 0 Å². The van der Waals surface area contributed by atoms with Crippen LogP contribution in [0.3, 0.4) is 0 Å². The molecule has 14 heavy (non-hydrogen) atoms. The molecule has 0 aromatic carbocycles. The van der Waals surface area contributed by atoms with Crippen molar-refractivity contribution in [3.05, 3.63) is 6.07 Å². The fourth-order valence-corrected chi connectivity index (χ4v) is 1.11. The molecular weight excluding hydrogens is 178 g/mol. The van der Waals surface area contributed by atoms with E-state index in [9.17, 15) is 0 Å². The third kappa shape index (κ3) is 2.40. The minimum absolute atomic E-state index is 0.412. The summed E-state index contributed by atoms with van der Waals surface area (Å²) in [5.74, 6) is 2.22. The standard InChI is InChI=1S/C10H19N3O/c1-7(2)8(3)11-9-6-10(14-5)13(4)12-9/h6-8H,1-5H3,(H,11,12). The Morgan fingerprint density at radius 2 is 2.07 bits per heavy atom. The second kappa shape index (κ2) is 4.35. The van der Waals surface area contributed by atoms with Crippen molar-refractivity contribution in [2.24, 2.45) is 13.0 Å². The van der Waals surface area contributed by atoms with E-state index in [2.05, 4.69) is 31.2 Å². The molecule has 0 aliphatic carbocycles. The Kier molecular flexibility index (Phi) is 3.38. The first-order chi connectivity index (χ1) is 6.54. The minimum atomic E-state index is 0.412. The molecule has 0 aliphatic rings. The van der Waals surface area contributed by atoms with Crippen LogP contribution in [-0.2, 0) is 7.05 Å². The summed E-state index contributed by atoms with van der Waals surface area (Å²) in [6.45, 7) is 6.50. The monoisotopic (exact) mass is 197 g/mol. The Balaban J connectivity index is 2.68. The molecule has 0 spiro atoms. The van der Waals surface area contributed by atoms with E-state index in [-0.39, 0.29) is 0 Å². The summed E-state index contributed by atoms with van der Waals surface area (Å²) >= 11 is 0. The van der Waals surface area contributed by atoms with Gasteiger partial charge in [-0.25, -0.2) is 4.68 Å².